The lowest BCUT2D eigenvalue weighted by Gasteiger charge is -2.18. The lowest BCUT2D eigenvalue weighted by molar-refractivity contribution is 0.0778. The molecule has 0 aliphatic heterocycles. The number of carbonyl (C=O) groups is 1. The van der Waals surface area contributed by atoms with Gasteiger partial charge in [-0.1, -0.05) is 6.07 Å². The van der Waals surface area contributed by atoms with Crippen LogP contribution in [-0.4, -0.2) is 26.2 Å². The molecule has 176 valence electrons. The van der Waals surface area contributed by atoms with Crippen molar-refractivity contribution in [2.75, 3.05) is 5.32 Å². The van der Waals surface area contributed by atoms with E-state index in [1.807, 2.05) is 0 Å². The van der Waals surface area contributed by atoms with E-state index in [0.29, 0.717) is 29.7 Å². The van der Waals surface area contributed by atoms with Crippen LogP contribution in [0.5, 0.6) is 0 Å². The second-order valence-corrected chi connectivity index (χ2v) is 9.17. The number of aromatic nitrogens is 3. The highest BCUT2D eigenvalue weighted by Gasteiger charge is 2.24. The number of aliphatic hydroxyl groups is 1. The van der Waals surface area contributed by atoms with Crippen LogP contribution < -0.4 is 11.1 Å². The molecule has 8 nitrogen and oxygen atoms in total. The van der Waals surface area contributed by atoms with Crippen LogP contribution in [0.15, 0.2) is 40.8 Å². The maximum absolute atomic E-state index is 14.8. The Hall–Kier alpha value is -3.70. The Kier molecular flexibility index (Phi) is 6.15. The molecule has 0 bridgehead atoms. The van der Waals surface area contributed by atoms with Gasteiger partial charge >= 0.3 is 0 Å². The van der Waals surface area contributed by atoms with Gasteiger partial charge in [0.2, 0.25) is 11.8 Å². The van der Waals surface area contributed by atoms with Crippen molar-refractivity contribution in [2.24, 2.45) is 5.73 Å². The van der Waals surface area contributed by atoms with Crippen LogP contribution in [0.2, 0.25) is 0 Å². The normalized spacial score (nSPS) is 11.6. The summed E-state index contributed by atoms with van der Waals surface area (Å²) < 4.78 is 35.1. The third-order valence-electron chi connectivity index (χ3n) is 4.94. The number of aryl methyl sites for hydroxylation is 1. The number of carbonyl (C=O) groups excluding carboxylic acids is 1. The molecule has 11 heteroatoms. The van der Waals surface area contributed by atoms with Crippen LogP contribution in [0.1, 0.15) is 47.2 Å². The maximum atomic E-state index is 14.8. The van der Waals surface area contributed by atoms with Crippen LogP contribution in [0.3, 0.4) is 0 Å². The number of nitrogens with one attached hydrogen (secondary N) is 1. The van der Waals surface area contributed by atoms with Crippen molar-refractivity contribution >= 4 is 28.1 Å². The van der Waals surface area contributed by atoms with Crippen LogP contribution >= 0.6 is 11.3 Å². The van der Waals surface area contributed by atoms with E-state index in [1.165, 1.54) is 19.9 Å². The summed E-state index contributed by atoms with van der Waals surface area (Å²) in [6.45, 7) is 4.55. The number of pyridine rings is 1. The number of benzene rings is 1. The first-order chi connectivity index (χ1) is 16.0. The number of hydrogen-bond donors (Lipinski definition) is 3. The Morgan fingerprint density at radius 3 is 2.50 bits per heavy atom. The molecule has 3 heterocycles. The third-order valence-corrected chi connectivity index (χ3v) is 6.01. The fourth-order valence-corrected chi connectivity index (χ4v) is 4.40. The predicted octanol–water partition coefficient (Wildman–Crippen LogP) is 4.44. The molecule has 0 saturated carbocycles. The molecule has 1 amide bonds. The zero-order valence-electron chi connectivity index (χ0n) is 18.5. The maximum Gasteiger partial charge on any atom is 0.251 e. The van der Waals surface area contributed by atoms with E-state index in [4.69, 9.17) is 10.2 Å². The number of anilines is 2. The molecule has 34 heavy (non-hydrogen) atoms. The average molecular weight is 486 g/mol. The lowest BCUT2D eigenvalue weighted by atomic mass is 9.96. The summed E-state index contributed by atoms with van der Waals surface area (Å²) in [6.07, 6.45) is 0.304. The van der Waals surface area contributed by atoms with Crippen molar-refractivity contribution in [3.8, 4) is 10.4 Å². The Morgan fingerprint density at radius 1 is 1.21 bits per heavy atom. The zero-order chi connectivity index (χ0) is 24.6. The summed E-state index contributed by atoms with van der Waals surface area (Å²) in [5.74, 6) is -1.26. The highest BCUT2D eigenvalue weighted by Crippen LogP contribution is 2.40. The van der Waals surface area contributed by atoms with Crippen molar-refractivity contribution in [3.05, 3.63) is 76.6 Å². The minimum Gasteiger partial charge on any atom is -0.425 e. The van der Waals surface area contributed by atoms with Crippen molar-refractivity contribution in [1.82, 2.24) is 15.2 Å². The Bertz CT molecular complexity index is 1350. The zero-order valence-corrected chi connectivity index (χ0v) is 19.3. The highest BCUT2D eigenvalue weighted by atomic mass is 32.1. The molecule has 0 saturated heterocycles. The van der Waals surface area contributed by atoms with Gasteiger partial charge in [0.1, 0.15) is 22.5 Å². The first-order valence-electron chi connectivity index (χ1n) is 10.2. The molecule has 0 aliphatic rings. The molecule has 4 aromatic rings. The summed E-state index contributed by atoms with van der Waals surface area (Å²) in [4.78, 5) is 16.7. The van der Waals surface area contributed by atoms with Crippen molar-refractivity contribution in [2.45, 2.75) is 32.8 Å². The monoisotopic (exact) mass is 485 g/mol. The predicted molar refractivity (Wildman–Crippen MR) is 123 cm³/mol. The summed E-state index contributed by atoms with van der Waals surface area (Å²) in [7, 11) is 0. The van der Waals surface area contributed by atoms with Crippen LogP contribution in [0, 0.1) is 18.6 Å². The molecule has 0 spiro atoms. The molecule has 0 aliphatic carbocycles. The average Bonchev–Trinajstić information content (AvgIpc) is 3.33. The Morgan fingerprint density at radius 2 is 1.91 bits per heavy atom. The van der Waals surface area contributed by atoms with Gasteiger partial charge < -0.3 is 20.6 Å². The van der Waals surface area contributed by atoms with E-state index in [-0.39, 0.29) is 26.6 Å². The molecule has 3 aromatic heterocycles. The largest absolute Gasteiger partial charge is 0.425 e. The SMILES string of the molecule is Cc1nnc(Cc2cccc(Nc3sc(-c4c(F)cc(C(C)(C)O)cc4F)cc3C(N)=O)n2)o1. The van der Waals surface area contributed by atoms with Gasteiger partial charge in [-0.15, -0.1) is 21.5 Å². The number of thiophene rings is 1. The van der Waals surface area contributed by atoms with Gasteiger partial charge in [-0.05, 0) is 49.7 Å². The van der Waals surface area contributed by atoms with Gasteiger partial charge in [-0.3, -0.25) is 4.79 Å². The van der Waals surface area contributed by atoms with E-state index in [2.05, 4.69) is 20.5 Å². The summed E-state index contributed by atoms with van der Waals surface area (Å²) in [5, 5.41) is 21.1. The second kappa shape index (κ2) is 8.92. The molecule has 0 radical (unpaired) electrons. The first kappa shape index (κ1) is 23.5. The van der Waals surface area contributed by atoms with Crippen LogP contribution in [0.25, 0.3) is 10.4 Å². The summed E-state index contributed by atoms with van der Waals surface area (Å²) in [5.41, 5.74) is 4.56. The van der Waals surface area contributed by atoms with E-state index in [9.17, 15) is 18.7 Å². The van der Waals surface area contributed by atoms with Gasteiger partial charge in [-0.2, -0.15) is 0 Å². The van der Waals surface area contributed by atoms with Gasteiger partial charge in [-0.25, -0.2) is 13.8 Å². The molecule has 0 unspecified atom stereocenters. The minimum absolute atomic E-state index is 0.0603. The number of hydrogen-bond acceptors (Lipinski definition) is 8. The van der Waals surface area contributed by atoms with E-state index >= 15 is 0 Å². The second-order valence-electron chi connectivity index (χ2n) is 8.12. The number of halogens is 2. The smallest absolute Gasteiger partial charge is 0.251 e. The topological polar surface area (TPSA) is 127 Å². The molecule has 1 aromatic carbocycles. The fourth-order valence-electron chi connectivity index (χ4n) is 3.28. The first-order valence-corrected chi connectivity index (χ1v) is 11.0. The quantitative estimate of drug-likeness (QED) is 0.353. The summed E-state index contributed by atoms with van der Waals surface area (Å²) in [6, 6.07) is 8.66. The van der Waals surface area contributed by atoms with Crippen molar-refractivity contribution < 1.29 is 23.1 Å². The van der Waals surface area contributed by atoms with Gasteiger partial charge in [0, 0.05) is 11.8 Å². The van der Waals surface area contributed by atoms with Crippen molar-refractivity contribution in [3.63, 3.8) is 0 Å². The molecule has 0 fully saturated rings. The third kappa shape index (κ3) is 4.95. The molecular weight excluding hydrogens is 464 g/mol. The number of primary amides is 1. The van der Waals surface area contributed by atoms with Gasteiger partial charge in [0.15, 0.2) is 0 Å². The number of nitrogens with zero attached hydrogens (tertiary/aromatic N) is 3. The summed E-state index contributed by atoms with van der Waals surface area (Å²) >= 11 is 0.955. The van der Waals surface area contributed by atoms with E-state index in [1.54, 1.807) is 25.1 Å². The number of amides is 1. The highest BCUT2D eigenvalue weighted by molar-refractivity contribution is 7.20. The standard InChI is InChI=1S/C23H21F2N5O3S/c1-11-29-30-19(33-11)9-13-5-4-6-18(27-13)28-22-14(21(26)31)10-17(34-22)20-15(24)7-12(8-16(20)25)23(2,3)32/h4-8,10,32H,9H2,1-3H3,(H2,26,31)(H,27,28). The van der Waals surface area contributed by atoms with Crippen LogP contribution in [-0.2, 0) is 12.0 Å². The van der Waals surface area contributed by atoms with Crippen molar-refractivity contribution in [1.29, 1.82) is 0 Å². The molecule has 4 rings (SSSR count). The van der Waals surface area contributed by atoms with Gasteiger partial charge in [0.05, 0.1) is 28.8 Å². The Labute approximate surface area is 197 Å². The molecular formula is C23H21F2N5O3S. The fraction of sp³-hybridized carbons (Fsp3) is 0.217. The number of nitrogens with two attached hydrogens (primary N) is 1. The van der Waals surface area contributed by atoms with Gasteiger partial charge in [0.25, 0.3) is 5.91 Å². The molecule has 4 N–H and O–H groups in total. The van der Waals surface area contributed by atoms with Crippen LogP contribution in [0.4, 0.5) is 19.6 Å². The number of rotatable bonds is 7. The van der Waals surface area contributed by atoms with E-state index in [0.717, 1.165) is 23.5 Å². The minimum atomic E-state index is -1.42. The Balaban J connectivity index is 1.67. The molecule has 0 atom stereocenters. The lowest BCUT2D eigenvalue weighted by Crippen LogP contribution is -2.16. The van der Waals surface area contributed by atoms with E-state index < -0.39 is 23.1 Å².